The Morgan fingerprint density at radius 3 is 2.33 bits per heavy atom. The lowest BCUT2D eigenvalue weighted by molar-refractivity contribution is -0.141. The van der Waals surface area contributed by atoms with Gasteiger partial charge in [-0.25, -0.2) is 0 Å². The predicted octanol–water partition coefficient (Wildman–Crippen LogP) is 3.01. The zero-order valence-corrected chi connectivity index (χ0v) is 18.2. The van der Waals surface area contributed by atoms with Crippen molar-refractivity contribution in [2.24, 2.45) is 11.8 Å². The predicted molar refractivity (Wildman–Crippen MR) is 112 cm³/mol. The van der Waals surface area contributed by atoms with Crippen LogP contribution in [0.3, 0.4) is 0 Å². The van der Waals surface area contributed by atoms with Crippen LogP contribution in [0.2, 0.25) is 0 Å². The maximum Gasteiger partial charge on any atom is 0.233 e. The van der Waals surface area contributed by atoms with E-state index in [9.17, 15) is 14.4 Å². The number of benzene rings is 1. The molecule has 1 aliphatic heterocycles. The van der Waals surface area contributed by atoms with Crippen LogP contribution in [0.4, 0.5) is 0 Å². The van der Waals surface area contributed by atoms with Gasteiger partial charge in [0.2, 0.25) is 17.7 Å². The number of hydrogen-bond acceptors (Lipinski definition) is 5. The van der Waals surface area contributed by atoms with Crippen molar-refractivity contribution in [3.05, 3.63) is 23.8 Å². The number of imide groups is 1. The molecule has 0 spiro atoms. The van der Waals surface area contributed by atoms with E-state index in [4.69, 9.17) is 9.47 Å². The van der Waals surface area contributed by atoms with Gasteiger partial charge < -0.3 is 14.4 Å². The van der Waals surface area contributed by atoms with E-state index in [2.05, 4.69) is 0 Å². The van der Waals surface area contributed by atoms with Crippen LogP contribution in [0.1, 0.15) is 51.5 Å². The summed E-state index contributed by atoms with van der Waals surface area (Å²) in [7, 11) is 1.59. The zero-order chi connectivity index (χ0) is 21.7. The Balaban J connectivity index is 1.60. The molecule has 0 unspecified atom stereocenters. The Morgan fingerprint density at radius 2 is 1.77 bits per heavy atom. The minimum atomic E-state index is -0.167. The van der Waals surface area contributed by atoms with Gasteiger partial charge in [0.15, 0.2) is 11.5 Å². The third-order valence-electron chi connectivity index (χ3n) is 6.12. The van der Waals surface area contributed by atoms with Crippen molar-refractivity contribution < 1.29 is 23.9 Å². The molecule has 7 heteroatoms. The highest BCUT2D eigenvalue weighted by molar-refractivity contribution is 6.05. The molecule has 1 aromatic carbocycles. The van der Waals surface area contributed by atoms with Crippen molar-refractivity contribution in [1.29, 1.82) is 0 Å². The van der Waals surface area contributed by atoms with Crippen LogP contribution >= 0.6 is 0 Å². The Kier molecular flexibility index (Phi) is 7.34. The van der Waals surface area contributed by atoms with Gasteiger partial charge in [-0.15, -0.1) is 0 Å². The van der Waals surface area contributed by atoms with Gasteiger partial charge in [-0.2, -0.15) is 0 Å². The van der Waals surface area contributed by atoms with E-state index in [-0.39, 0.29) is 42.5 Å². The maximum absolute atomic E-state index is 12.8. The van der Waals surface area contributed by atoms with Crippen molar-refractivity contribution in [2.45, 2.75) is 52.5 Å². The summed E-state index contributed by atoms with van der Waals surface area (Å²) in [4.78, 5) is 41.1. The first-order chi connectivity index (χ1) is 14.5. The number of carbonyl (C=O) groups is 3. The van der Waals surface area contributed by atoms with E-state index in [0.717, 1.165) is 31.2 Å². The lowest BCUT2D eigenvalue weighted by atomic mass is 9.81. The Bertz CT molecular complexity index is 770. The second-order valence-electron chi connectivity index (χ2n) is 7.90. The van der Waals surface area contributed by atoms with E-state index in [0.29, 0.717) is 31.2 Å². The molecule has 164 valence electrons. The molecule has 3 amide bonds. The number of ether oxygens (including phenoxy) is 2. The summed E-state index contributed by atoms with van der Waals surface area (Å²) in [5, 5.41) is 0. The monoisotopic (exact) mass is 416 g/mol. The molecule has 2 atom stereocenters. The van der Waals surface area contributed by atoms with Crippen LogP contribution in [-0.4, -0.2) is 54.3 Å². The molecule has 7 nitrogen and oxygen atoms in total. The van der Waals surface area contributed by atoms with Gasteiger partial charge in [0, 0.05) is 26.1 Å². The van der Waals surface area contributed by atoms with Crippen molar-refractivity contribution in [3.8, 4) is 11.5 Å². The maximum atomic E-state index is 12.8. The molecule has 0 bridgehead atoms. The normalized spacial score (nSPS) is 20.8. The topological polar surface area (TPSA) is 76.2 Å². The molecule has 1 aliphatic carbocycles. The molecule has 0 aromatic heterocycles. The summed E-state index contributed by atoms with van der Waals surface area (Å²) < 4.78 is 10.9. The summed E-state index contributed by atoms with van der Waals surface area (Å²) in [5.74, 6) is 0.730. The fourth-order valence-electron chi connectivity index (χ4n) is 4.50. The largest absolute Gasteiger partial charge is 0.493 e. The number of rotatable bonds is 9. The third-order valence-corrected chi connectivity index (χ3v) is 6.12. The van der Waals surface area contributed by atoms with Gasteiger partial charge in [0.25, 0.3) is 0 Å². The molecule has 1 aromatic rings. The minimum absolute atomic E-state index is 0.0687. The van der Waals surface area contributed by atoms with Crippen molar-refractivity contribution in [2.75, 3.05) is 26.8 Å². The highest BCUT2D eigenvalue weighted by Crippen LogP contribution is 2.38. The number of hydrogen-bond donors (Lipinski definition) is 0. The lowest BCUT2D eigenvalue weighted by Crippen LogP contribution is -2.37. The molecular weight excluding hydrogens is 384 g/mol. The SMILES string of the molecule is CCOc1ccc(CN(CC)C(=O)CCN2C(=O)[C@@H]3CCCC[C@H]3C2=O)cc1OC. The van der Waals surface area contributed by atoms with Crippen LogP contribution < -0.4 is 9.47 Å². The Morgan fingerprint density at radius 1 is 1.10 bits per heavy atom. The van der Waals surface area contributed by atoms with Crippen LogP contribution in [0.5, 0.6) is 11.5 Å². The van der Waals surface area contributed by atoms with Crippen molar-refractivity contribution in [1.82, 2.24) is 9.80 Å². The molecule has 3 rings (SSSR count). The fourth-order valence-corrected chi connectivity index (χ4v) is 4.50. The van der Waals surface area contributed by atoms with Gasteiger partial charge in [0.1, 0.15) is 0 Å². The van der Waals surface area contributed by atoms with E-state index in [1.165, 1.54) is 4.90 Å². The first kappa shape index (κ1) is 22.1. The van der Waals surface area contributed by atoms with Crippen molar-refractivity contribution in [3.63, 3.8) is 0 Å². The Hall–Kier alpha value is -2.57. The summed E-state index contributed by atoms with van der Waals surface area (Å²) >= 11 is 0. The second kappa shape index (κ2) is 9.96. The first-order valence-corrected chi connectivity index (χ1v) is 10.9. The van der Waals surface area contributed by atoms with E-state index in [1.54, 1.807) is 12.0 Å². The smallest absolute Gasteiger partial charge is 0.233 e. The van der Waals surface area contributed by atoms with Gasteiger partial charge in [-0.3, -0.25) is 19.3 Å². The molecule has 2 aliphatic rings. The quantitative estimate of drug-likeness (QED) is 0.579. The first-order valence-electron chi connectivity index (χ1n) is 10.9. The fraction of sp³-hybridized carbons (Fsp3) is 0.609. The van der Waals surface area contributed by atoms with Gasteiger partial charge in [0.05, 0.1) is 25.6 Å². The highest BCUT2D eigenvalue weighted by Gasteiger charge is 2.47. The van der Waals surface area contributed by atoms with Gasteiger partial charge >= 0.3 is 0 Å². The average molecular weight is 417 g/mol. The van der Waals surface area contributed by atoms with Gasteiger partial charge in [-0.1, -0.05) is 18.9 Å². The number of amides is 3. The molecular formula is C23H32N2O5. The molecule has 1 saturated carbocycles. The highest BCUT2D eigenvalue weighted by atomic mass is 16.5. The summed E-state index contributed by atoms with van der Waals surface area (Å²) in [6, 6.07) is 5.64. The second-order valence-corrected chi connectivity index (χ2v) is 7.90. The minimum Gasteiger partial charge on any atom is -0.493 e. The molecule has 2 fully saturated rings. The number of likely N-dealkylation sites (tertiary alicyclic amines) is 1. The number of methoxy groups -OCH3 is 1. The van der Waals surface area contributed by atoms with Gasteiger partial charge in [-0.05, 0) is 44.4 Å². The molecule has 0 N–H and O–H groups in total. The molecule has 0 radical (unpaired) electrons. The van der Waals surface area contributed by atoms with Crippen LogP contribution in [0.15, 0.2) is 18.2 Å². The van der Waals surface area contributed by atoms with E-state index in [1.807, 2.05) is 32.0 Å². The molecule has 1 saturated heterocycles. The summed E-state index contributed by atoms with van der Waals surface area (Å²) in [6.45, 7) is 5.53. The number of carbonyl (C=O) groups excluding carboxylic acids is 3. The van der Waals surface area contributed by atoms with E-state index >= 15 is 0 Å². The summed E-state index contributed by atoms with van der Waals surface area (Å²) in [6.07, 6.45) is 3.74. The zero-order valence-electron chi connectivity index (χ0n) is 18.2. The van der Waals surface area contributed by atoms with Crippen LogP contribution in [-0.2, 0) is 20.9 Å². The van der Waals surface area contributed by atoms with Crippen molar-refractivity contribution >= 4 is 17.7 Å². The summed E-state index contributed by atoms with van der Waals surface area (Å²) in [5.41, 5.74) is 0.935. The lowest BCUT2D eigenvalue weighted by Gasteiger charge is -2.23. The van der Waals surface area contributed by atoms with E-state index < -0.39 is 0 Å². The number of fused-ring (bicyclic) bond motifs is 1. The number of nitrogens with zero attached hydrogens (tertiary/aromatic N) is 2. The average Bonchev–Trinajstić information content (AvgIpc) is 3.01. The third kappa shape index (κ3) is 4.60. The van der Waals surface area contributed by atoms with Crippen LogP contribution in [0.25, 0.3) is 0 Å². The Labute approximate surface area is 178 Å². The molecule has 30 heavy (non-hydrogen) atoms. The molecule has 1 heterocycles. The standard InChI is InChI=1S/C23H32N2O5/c1-4-24(15-16-10-11-19(30-5-2)20(14-16)29-3)21(26)12-13-25-22(27)17-8-6-7-9-18(17)23(25)28/h10-11,14,17-18H,4-9,12-13,15H2,1-3H3/t17-,18-/m1/s1. The van der Waals surface area contributed by atoms with Crippen LogP contribution in [0, 0.1) is 11.8 Å².